The summed E-state index contributed by atoms with van der Waals surface area (Å²) in [7, 11) is 0. The molecule has 5 heteroatoms. The highest BCUT2D eigenvalue weighted by Gasteiger charge is 2.08. The number of hydrogen-bond acceptors (Lipinski definition) is 2. The van der Waals surface area contributed by atoms with Crippen LogP contribution in [0.5, 0.6) is 0 Å². The van der Waals surface area contributed by atoms with Crippen molar-refractivity contribution in [2.75, 3.05) is 0 Å². The van der Waals surface area contributed by atoms with E-state index in [2.05, 4.69) is 10.3 Å². The van der Waals surface area contributed by atoms with Crippen LogP contribution in [0.15, 0.2) is 12.4 Å². The SMILES string of the molecule is CC(=O)NCc1c(F)cncc1F. The molecular weight excluding hydrogens is 178 g/mol. The summed E-state index contributed by atoms with van der Waals surface area (Å²) >= 11 is 0. The molecule has 0 bridgehead atoms. The van der Waals surface area contributed by atoms with Gasteiger partial charge >= 0.3 is 0 Å². The van der Waals surface area contributed by atoms with Gasteiger partial charge in [0, 0.05) is 19.0 Å². The lowest BCUT2D eigenvalue weighted by atomic mass is 10.2. The minimum absolute atomic E-state index is 0.157. The van der Waals surface area contributed by atoms with E-state index in [1.165, 1.54) is 6.92 Å². The molecule has 1 amide bonds. The Labute approximate surface area is 73.8 Å². The number of aromatic nitrogens is 1. The van der Waals surface area contributed by atoms with Gasteiger partial charge < -0.3 is 5.32 Å². The molecule has 70 valence electrons. The number of amides is 1. The highest BCUT2D eigenvalue weighted by Crippen LogP contribution is 2.09. The van der Waals surface area contributed by atoms with E-state index in [4.69, 9.17) is 0 Å². The van der Waals surface area contributed by atoms with Crippen molar-refractivity contribution in [1.29, 1.82) is 0 Å². The van der Waals surface area contributed by atoms with Gasteiger partial charge in [0.05, 0.1) is 12.4 Å². The van der Waals surface area contributed by atoms with Crippen LogP contribution in [0.25, 0.3) is 0 Å². The van der Waals surface area contributed by atoms with Crippen molar-refractivity contribution in [3.8, 4) is 0 Å². The zero-order valence-corrected chi connectivity index (χ0v) is 6.97. The zero-order valence-electron chi connectivity index (χ0n) is 6.97. The lowest BCUT2D eigenvalue weighted by molar-refractivity contribution is -0.119. The number of rotatable bonds is 2. The molecule has 1 rings (SSSR count). The van der Waals surface area contributed by atoms with Gasteiger partial charge in [0.15, 0.2) is 0 Å². The third-order valence-corrected chi connectivity index (χ3v) is 1.47. The largest absolute Gasteiger partial charge is 0.352 e. The number of carbonyl (C=O) groups is 1. The fourth-order valence-electron chi connectivity index (χ4n) is 0.820. The van der Waals surface area contributed by atoms with Gasteiger partial charge in [-0.15, -0.1) is 0 Å². The minimum atomic E-state index is -0.756. The second-order valence-corrected chi connectivity index (χ2v) is 2.49. The molecule has 0 aromatic carbocycles. The second kappa shape index (κ2) is 3.93. The normalized spacial score (nSPS) is 9.77. The maximum Gasteiger partial charge on any atom is 0.217 e. The van der Waals surface area contributed by atoms with E-state index >= 15 is 0 Å². The molecule has 0 spiro atoms. The standard InChI is InChI=1S/C8H8F2N2O/c1-5(13)12-2-6-7(9)3-11-4-8(6)10/h3-4H,2H2,1H3,(H,12,13). The van der Waals surface area contributed by atoms with Crippen molar-refractivity contribution in [2.24, 2.45) is 0 Å². The number of hydrogen-bond donors (Lipinski definition) is 1. The molecule has 0 fully saturated rings. The van der Waals surface area contributed by atoms with E-state index in [0.29, 0.717) is 0 Å². The Bertz CT molecular complexity index is 308. The summed E-state index contributed by atoms with van der Waals surface area (Å²) in [6.45, 7) is 1.12. The van der Waals surface area contributed by atoms with Crippen LogP contribution < -0.4 is 5.32 Å². The molecule has 0 aliphatic carbocycles. The Morgan fingerprint density at radius 1 is 1.46 bits per heavy atom. The van der Waals surface area contributed by atoms with Gasteiger partial charge in [0.1, 0.15) is 11.6 Å². The quantitative estimate of drug-likeness (QED) is 0.748. The van der Waals surface area contributed by atoms with Crippen molar-refractivity contribution < 1.29 is 13.6 Å². The lowest BCUT2D eigenvalue weighted by Gasteiger charge is -2.03. The Balaban J connectivity index is 2.81. The zero-order chi connectivity index (χ0) is 9.84. The molecular formula is C8H8F2N2O. The van der Waals surface area contributed by atoms with Gasteiger partial charge in [-0.2, -0.15) is 0 Å². The van der Waals surface area contributed by atoms with E-state index in [1.807, 2.05) is 0 Å². The summed E-state index contributed by atoms with van der Waals surface area (Å²) in [5, 5.41) is 2.30. The minimum Gasteiger partial charge on any atom is -0.352 e. The van der Waals surface area contributed by atoms with Crippen molar-refractivity contribution >= 4 is 5.91 Å². The molecule has 1 heterocycles. The van der Waals surface area contributed by atoms with Crippen molar-refractivity contribution in [3.63, 3.8) is 0 Å². The Morgan fingerprint density at radius 2 is 2.00 bits per heavy atom. The van der Waals surface area contributed by atoms with Crippen LogP contribution in [0.2, 0.25) is 0 Å². The summed E-state index contributed by atoms with van der Waals surface area (Å²) in [5.41, 5.74) is -0.176. The molecule has 1 aromatic heterocycles. The maximum absolute atomic E-state index is 12.8. The molecule has 3 nitrogen and oxygen atoms in total. The second-order valence-electron chi connectivity index (χ2n) is 2.49. The first kappa shape index (κ1) is 9.57. The van der Waals surface area contributed by atoms with Gasteiger partial charge in [-0.25, -0.2) is 8.78 Å². The first-order chi connectivity index (χ1) is 6.11. The average Bonchev–Trinajstić information content (AvgIpc) is 2.03. The van der Waals surface area contributed by atoms with Gasteiger partial charge in [-0.1, -0.05) is 0 Å². The summed E-state index contributed by atoms with van der Waals surface area (Å²) in [5.74, 6) is -1.85. The predicted octanol–water partition coefficient (Wildman–Crippen LogP) is 0.996. The fraction of sp³-hybridized carbons (Fsp3) is 0.250. The molecule has 0 atom stereocenters. The average molecular weight is 186 g/mol. The van der Waals surface area contributed by atoms with Crippen molar-refractivity contribution in [3.05, 3.63) is 29.6 Å². The molecule has 1 N–H and O–H groups in total. The van der Waals surface area contributed by atoms with E-state index in [-0.39, 0.29) is 18.0 Å². The van der Waals surface area contributed by atoms with E-state index < -0.39 is 11.6 Å². The Hall–Kier alpha value is -1.52. The van der Waals surface area contributed by atoms with E-state index in [9.17, 15) is 13.6 Å². The third kappa shape index (κ3) is 2.47. The molecule has 1 aromatic rings. The molecule has 0 radical (unpaired) electrons. The van der Waals surface area contributed by atoms with E-state index in [1.54, 1.807) is 0 Å². The van der Waals surface area contributed by atoms with Crippen LogP contribution in [-0.4, -0.2) is 10.9 Å². The maximum atomic E-state index is 12.8. The summed E-state index contributed by atoms with van der Waals surface area (Å²) < 4.78 is 25.7. The number of halogens is 2. The third-order valence-electron chi connectivity index (χ3n) is 1.47. The number of pyridine rings is 1. The first-order valence-electron chi connectivity index (χ1n) is 3.63. The first-order valence-corrected chi connectivity index (χ1v) is 3.63. The Morgan fingerprint density at radius 3 is 2.46 bits per heavy atom. The van der Waals surface area contributed by atoms with Crippen molar-refractivity contribution in [1.82, 2.24) is 10.3 Å². The molecule has 13 heavy (non-hydrogen) atoms. The monoisotopic (exact) mass is 186 g/mol. The van der Waals surface area contributed by atoms with Crippen LogP contribution in [-0.2, 0) is 11.3 Å². The van der Waals surface area contributed by atoms with E-state index in [0.717, 1.165) is 12.4 Å². The molecule has 0 saturated carbocycles. The smallest absolute Gasteiger partial charge is 0.217 e. The number of carbonyl (C=O) groups excluding carboxylic acids is 1. The fourth-order valence-corrected chi connectivity index (χ4v) is 0.820. The van der Waals surface area contributed by atoms with Crippen LogP contribution in [0.4, 0.5) is 8.78 Å². The topological polar surface area (TPSA) is 42.0 Å². The summed E-state index contributed by atoms with van der Waals surface area (Å²) in [6, 6.07) is 0. The van der Waals surface area contributed by atoms with Gasteiger partial charge in [0.2, 0.25) is 5.91 Å². The predicted molar refractivity (Wildman–Crippen MR) is 41.7 cm³/mol. The number of nitrogens with one attached hydrogen (secondary N) is 1. The van der Waals surface area contributed by atoms with Crippen molar-refractivity contribution in [2.45, 2.75) is 13.5 Å². The van der Waals surface area contributed by atoms with Crippen LogP contribution in [0.1, 0.15) is 12.5 Å². The lowest BCUT2D eigenvalue weighted by Crippen LogP contribution is -2.20. The molecule has 0 unspecified atom stereocenters. The van der Waals surface area contributed by atoms with Crippen LogP contribution >= 0.6 is 0 Å². The Kier molecular flexibility index (Phi) is 2.89. The molecule has 0 saturated heterocycles. The summed E-state index contributed by atoms with van der Waals surface area (Å²) in [4.78, 5) is 13.8. The van der Waals surface area contributed by atoms with Gasteiger partial charge in [-0.05, 0) is 0 Å². The van der Waals surface area contributed by atoms with Crippen LogP contribution in [0, 0.1) is 11.6 Å². The van der Waals surface area contributed by atoms with Gasteiger partial charge in [0.25, 0.3) is 0 Å². The van der Waals surface area contributed by atoms with Gasteiger partial charge in [-0.3, -0.25) is 9.78 Å². The highest BCUT2D eigenvalue weighted by molar-refractivity contribution is 5.72. The molecule has 0 aliphatic heterocycles. The molecule has 0 aliphatic rings. The van der Waals surface area contributed by atoms with Crippen LogP contribution in [0.3, 0.4) is 0 Å². The highest BCUT2D eigenvalue weighted by atomic mass is 19.1. The number of nitrogens with zero attached hydrogens (tertiary/aromatic N) is 1. The summed E-state index contributed by atoms with van der Waals surface area (Å²) in [6.07, 6.45) is 1.81.